The molecule has 12 aromatic rings. The highest BCUT2D eigenvalue weighted by Gasteiger charge is 2.22. The predicted octanol–water partition coefficient (Wildman–Crippen LogP) is 14.8. The van der Waals surface area contributed by atoms with Crippen molar-refractivity contribution in [3.63, 3.8) is 0 Å². The van der Waals surface area contributed by atoms with Gasteiger partial charge in [-0.05, 0) is 106 Å². The van der Waals surface area contributed by atoms with Gasteiger partial charge in [-0.15, -0.1) is 0 Å². The highest BCUT2D eigenvalue weighted by Crippen LogP contribution is 2.45. The van der Waals surface area contributed by atoms with Crippen LogP contribution in [0.3, 0.4) is 0 Å². The van der Waals surface area contributed by atoms with Crippen molar-refractivity contribution < 1.29 is 0 Å². The van der Waals surface area contributed by atoms with E-state index >= 15 is 0 Å². The molecule has 0 spiro atoms. The first kappa shape index (κ1) is 31.7. The topological polar surface area (TPSA) is 13.1 Å². The SMILES string of the molecule is c1ccc(N(c2ccccc2)c2ccc3c(c2)c2cc4c5ccccc5n(-c5cccc6c7ccccc7c7ccccc7c56)c4cc2n3-c2ccccc2)cc1. The van der Waals surface area contributed by atoms with Gasteiger partial charge in [-0.3, -0.25) is 0 Å². The second kappa shape index (κ2) is 12.5. The first-order valence-electron chi connectivity index (χ1n) is 19.6. The van der Waals surface area contributed by atoms with Gasteiger partial charge in [0.2, 0.25) is 0 Å². The number of para-hydroxylation sites is 4. The van der Waals surface area contributed by atoms with Gasteiger partial charge in [-0.1, -0.05) is 133 Å². The van der Waals surface area contributed by atoms with Crippen molar-refractivity contribution in [3.8, 4) is 11.4 Å². The zero-order valence-corrected chi connectivity index (χ0v) is 31.0. The normalized spacial score (nSPS) is 11.9. The third kappa shape index (κ3) is 4.73. The fourth-order valence-electron chi connectivity index (χ4n) is 9.45. The van der Waals surface area contributed by atoms with Crippen LogP contribution < -0.4 is 4.90 Å². The molecule has 2 aromatic heterocycles. The minimum Gasteiger partial charge on any atom is -0.310 e. The van der Waals surface area contributed by atoms with Crippen LogP contribution in [0.4, 0.5) is 17.1 Å². The van der Waals surface area contributed by atoms with E-state index in [1.807, 2.05) is 0 Å². The molecule has 0 amide bonds. The zero-order chi connectivity index (χ0) is 37.5. The average molecular weight is 726 g/mol. The monoisotopic (exact) mass is 725 g/mol. The summed E-state index contributed by atoms with van der Waals surface area (Å²) in [6.07, 6.45) is 0. The van der Waals surface area contributed by atoms with Crippen LogP contribution in [0.2, 0.25) is 0 Å². The Bertz CT molecular complexity index is 3420. The predicted molar refractivity (Wildman–Crippen MR) is 242 cm³/mol. The molecule has 57 heavy (non-hydrogen) atoms. The molecule has 266 valence electrons. The Hall–Kier alpha value is -7.62. The molecule has 0 bridgehead atoms. The maximum Gasteiger partial charge on any atom is 0.0562 e. The van der Waals surface area contributed by atoms with E-state index in [0.29, 0.717) is 0 Å². The molecule has 0 aliphatic carbocycles. The molecule has 2 heterocycles. The van der Waals surface area contributed by atoms with Crippen LogP contribution in [0.1, 0.15) is 0 Å². The van der Waals surface area contributed by atoms with Gasteiger partial charge in [0.15, 0.2) is 0 Å². The van der Waals surface area contributed by atoms with Crippen LogP contribution in [-0.4, -0.2) is 9.13 Å². The van der Waals surface area contributed by atoms with Gasteiger partial charge in [0.1, 0.15) is 0 Å². The van der Waals surface area contributed by atoms with Gasteiger partial charge in [-0.25, -0.2) is 0 Å². The molecule has 12 rings (SSSR count). The summed E-state index contributed by atoms with van der Waals surface area (Å²) in [4.78, 5) is 2.35. The summed E-state index contributed by atoms with van der Waals surface area (Å²) in [5, 5.41) is 12.5. The Kier molecular flexibility index (Phi) is 6.93. The molecule has 0 aliphatic rings. The highest BCUT2D eigenvalue weighted by molar-refractivity contribution is 6.28. The highest BCUT2D eigenvalue weighted by atomic mass is 15.1. The number of benzene rings is 10. The summed E-state index contributed by atoms with van der Waals surface area (Å²) >= 11 is 0. The molecule has 0 radical (unpaired) electrons. The Morgan fingerprint density at radius 2 is 0.737 bits per heavy atom. The van der Waals surface area contributed by atoms with Crippen LogP contribution in [0.5, 0.6) is 0 Å². The maximum atomic E-state index is 2.51. The third-order valence-electron chi connectivity index (χ3n) is 11.8. The fourth-order valence-corrected chi connectivity index (χ4v) is 9.45. The number of fused-ring (bicyclic) bond motifs is 12. The van der Waals surface area contributed by atoms with Crippen LogP contribution in [0.15, 0.2) is 212 Å². The van der Waals surface area contributed by atoms with Crippen LogP contribution >= 0.6 is 0 Å². The molecule has 3 nitrogen and oxygen atoms in total. The van der Waals surface area contributed by atoms with E-state index in [1.165, 1.54) is 81.6 Å². The summed E-state index contributed by atoms with van der Waals surface area (Å²) < 4.78 is 4.95. The first-order valence-corrected chi connectivity index (χ1v) is 19.6. The Labute approximate surface area is 329 Å². The van der Waals surface area contributed by atoms with Gasteiger partial charge in [-0.2, -0.15) is 0 Å². The number of hydrogen-bond acceptors (Lipinski definition) is 1. The summed E-state index contributed by atoms with van der Waals surface area (Å²) in [5.74, 6) is 0. The molecule has 0 N–H and O–H groups in total. The van der Waals surface area contributed by atoms with Crippen molar-refractivity contribution in [1.29, 1.82) is 0 Å². The quantitative estimate of drug-likeness (QED) is 0.161. The van der Waals surface area contributed by atoms with E-state index in [9.17, 15) is 0 Å². The minimum absolute atomic E-state index is 1.12. The summed E-state index contributed by atoms with van der Waals surface area (Å²) in [5.41, 5.74) is 10.4. The number of nitrogens with zero attached hydrogens (tertiary/aromatic N) is 3. The lowest BCUT2D eigenvalue weighted by Gasteiger charge is -2.25. The molecule has 0 atom stereocenters. The molecule has 0 aliphatic heterocycles. The largest absolute Gasteiger partial charge is 0.310 e. The van der Waals surface area contributed by atoms with Crippen LogP contribution in [0, 0.1) is 0 Å². The smallest absolute Gasteiger partial charge is 0.0562 e. The standard InChI is InChI=1S/C54H35N3/c1-4-17-36(18-5-1)55(37-19-6-2-7-20-37)39-31-32-50-46(33-39)48-34-47-43-26-14-15-29-49(43)57(53(47)35-52(48)56(50)38-21-8-3-9-22-38)51-30-16-28-45-42-24-11-10-23-40(42)41-25-12-13-27-44(41)54(45)51/h1-35H. The number of anilines is 3. The van der Waals surface area contributed by atoms with Crippen molar-refractivity contribution in [3.05, 3.63) is 212 Å². The van der Waals surface area contributed by atoms with Crippen molar-refractivity contribution in [2.75, 3.05) is 4.90 Å². The lowest BCUT2D eigenvalue weighted by molar-refractivity contribution is 1.17. The van der Waals surface area contributed by atoms with E-state index in [4.69, 9.17) is 0 Å². The van der Waals surface area contributed by atoms with Crippen LogP contribution in [-0.2, 0) is 0 Å². The van der Waals surface area contributed by atoms with E-state index in [-0.39, 0.29) is 0 Å². The summed E-state index contributed by atoms with van der Waals surface area (Å²) in [6, 6.07) is 77.4. The summed E-state index contributed by atoms with van der Waals surface area (Å²) in [6.45, 7) is 0. The van der Waals surface area contributed by atoms with Gasteiger partial charge in [0, 0.05) is 49.7 Å². The van der Waals surface area contributed by atoms with E-state index < -0.39 is 0 Å². The van der Waals surface area contributed by atoms with Gasteiger partial charge in [0.25, 0.3) is 0 Å². The Morgan fingerprint density at radius 1 is 0.263 bits per heavy atom. The second-order valence-electron chi connectivity index (χ2n) is 14.9. The van der Waals surface area contributed by atoms with Gasteiger partial charge in [0.05, 0.1) is 27.8 Å². The molecule has 3 heteroatoms. The van der Waals surface area contributed by atoms with Gasteiger partial charge < -0.3 is 14.0 Å². The van der Waals surface area contributed by atoms with Crippen LogP contribution in [0.25, 0.3) is 87.3 Å². The number of hydrogen-bond donors (Lipinski definition) is 0. The number of aromatic nitrogens is 2. The zero-order valence-electron chi connectivity index (χ0n) is 31.0. The van der Waals surface area contributed by atoms with Crippen molar-refractivity contribution in [1.82, 2.24) is 9.13 Å². The Balaban J connectivity index is 1.20. The molecule has 0 saturated heterocycles. The van der Waals surface area contributed by atoms with Crippen molar-refractivity contribution in [2.24, 2.45) is 0 Å². The third-order valence-corrected chi connectivity index (χ3v) is 11.8. The van der Waals surface area contributed by atoms with Crippen molar-refractivity contribution in [2.45, 2.75) is 0 Å². The van der Waals surface area contributed by atoms with E-state index in [1.54, 1.807) is 0 Å². The molecule has 10 aromatic carbocycles. The molecular weight excluding hydrogens is 691 g/mol. The van der Waals surface area contributed by atoms with E-state index in [0.717, 1.165) is 22.7 Å². The average Bonchev–Trinajstić information content (AvgIpc) is 3.78. The number of rotatable bonds is 5. The van der Waals surface area contributed by atoms with E-state index in [2.05, 4.69) is 226 Å². The van der Waals surface area contributed by atoms with Crippen molar-refractivity contribution >= 4 is 93.0 Å². The lowest BCUT2D eigenvalue weighted by Crippen LogP contribution is -2.09. The molecule has 0 unspecified atom stereocenters. The second-order valence-corrected chi connectivity index (χ2v) is 14.9. The van der Waals surface area contributed by atoms with Gasteiger partial charge >= 0.3 is 0 Å². The lowest BCUT2D eigenvalue weighted by atomic mass is 9.93. The fraction of sp³-hybridized carbons (Fsp3) is 0. The molecule has 0 saturated carbocycles. The molecular formula is C54H35N3. The Morgan fingerprint density at radius 3 is 1.40 bits per heavy atom. The molecule has 0 fully saturated rings. The minimum atomic E-state index is 1.12. The summed E-state index contributed by atoms with van der Waals surface area (Å²) in [7, 11) is 0. The maximum absolute atomic E-state index is 2.51. The first-order chi connectivity index (χ1) is 28.3.